The van der Waals surface area contributed by atoms with E-state index in [4.69, 9.17) is 4.99 Å². The Labute approximate surface area is 174 Å². The van der Waals surface area contributed by atoms with Crippen molar-refractivity contribution in [1.82, 2.24) is 0 Å². The number of para-hydroxylation sites is 1. The van der Waals surface area contributed by atoms with E-state index in [0.717, 1.165) is 22.8 Å². The predicted molar refractivity (Wildman–Crippen MR) is 127 cm³/mol. The minimum absolute atomic E-state index is 0.969. The van der Waals surface area contributed by atoms with Crippen molar-refractivity contribution >= 4 is 17.1 Å². The quantitative estimate of drug-likeness (QED) is 0.345. The Balaban J connectivity index is 1.73. The van der Waals surface area contributed by atoms with Crippen LogP contribution in [0.25, 0.3) is 11.1 Å². The fraction of sp³-hybridized carbons (Fsp3) is 0.148. The van der Waals surface area contributed by atoms with Crippen molar-refractivity contribution in [2.24, 2.45) is 4.99 Å². The van der Waals surface area contributed by atoms with Gasteiger partial charge < -0.3 is 5.32 Å². The largest absolute Gasteiger partial charge is 0.356 e. The number of hydrogen-bond donors (Lipinski definition) is 1. The van der Waals surface area contributed by atoms with Gasteiger partial charge in [0.1, 0.15) is 0 Å². The summed E-state index contributed by atoms with van der Waals surface area (Å²) in [5.74, 6) is 0. The van der Waals surface area contributed by atoms with Crippen LogP contribution in [-0.2, 0) is 0 Å². The highest BCUT2D eigenvalue weighted by molar-refractivity contribution is 5.95. The molecule has 1 N–H and O–H groups in total. The maximum absolute atomic E-state index is 4.71. The summed E-state index contributed by atoms with van der Waals surface area (Å²) in [6, 6.07) is 25.2. The second-order valence-electron chi connectivity index (χ2n) is 7.14. The number of hydrogen-bond acceptors (Lipinski definition) is 2. The molecule has 3 rings (SSSR count). The van der Waals surface area contributed by atoms with Gasteiger partial charge in [-0.1, -0.05) is 60.7 Å². The number of benzene rings is 3. The van der Waals surface area contributed by atoms with Crippen LogP contribution < -0.4 is 5.32 Å². The van der Waals surface area contributed by atoms with E-state index in [1.165, 1.54) is 22.3 Å². The second-order valence-corrected chi connectivity index (χ2v) is 7.14. The number of anilines is 1. The molecule has 2 heteroatoms. The molecule has 0 bridgehead atoms. The minimum Gasteiger partial charge on any atom is -0.356 e. The first kappa shape index (κ1) is 20.3. The molecule has 0 aliphatic heterocycles. The third kappa shape index (κ3) is 5.55. The Hall–Kier alpha value is -3.39. The van der Waals surface area contributed by atoms with Crippen molar-refractivity contribution in [3.63, 3.8) is 0 Å². The molecule has 3 aromatic carbocycles. The lowest BCUT2D eigenvalue weighted by Crippen LogP contribution is -1.99. The standard InChI is InChI=1S/C27H28N2/c1-5-25(17-15-22(4)28-26-14-10-9-11-20(26)2)29-27-18-16-24(19-21(27)3)23-12-7-6-8-13-23/h5-19,29H,1-4H3/b17-15-,25-5+,28-22?. The van der Waals surface area contributed by atoms with Crippen LogP contribution in [0.4, 0.5) is 11.4 Å². The lowest BCUT2D eigenvalue weighted by Gasteiger charge is -2.12. The van der Waals surface area contributed by atoms with Gasteiger partial charge in [-0.15, -0.1) is 0 Å². The third-order valence-corrected chi connectivity index (χ3v) is 4.84. The fourth-order valence-electron chi connectivity index (χ4n) is 3.11. The molecule has 2 nitrogen and oxygen atoms in total. The summed E-state index contributed by atoms with van der Waals surface area (Å²) >= 11 is 0. The predicted octanol–water partition coefficient (Wildman–Crippen LogP) is 7.63. The molecule has 0 atom stereocenters. The Morgan fingerprint density at radius 1 is 0.793 bits per heavy atom. The van der Waals surface area contributed by atoms with Gasteiger partial charge in [0.05, 0.1) is 5.69 Å². The lowest BCUT2D eigenvalue weighted by atomic mass is 10.0. The smallest absolute Gasteiger partial charge is 0.0661 e. The summed E-state index contributed by atoms with van der Waals surface area (Å²) in [6.07, 6.45) is 6.19. The van der Waals surface area contributed by atoms with Gasteiger partial charge in [-0.2, -0.15) is 0 Å². The molecule has 0 radical (unpaired) electrons. The lowest BCUT2D eigenvalue weighted by molar-refractivity contribution is 1.37. The molecule has 0 amide bonds. The van der Waals surface area contributed by atoms with E-state index in [-0.39, 0.29) is 0 Å². The molecule has 29 heavy (non-hydrogen) atoms. The molecule has 3 aromatic rings. The number of rotatable bonds is 6. The summed E-state index contributed by atoms with van der Waals surface area (Å²) in [7, 11) is 0. The summed E-state index contributed by atoms with van der Waals surface area (Å²) in [5, 5.41) is 3.53. The molecular weight excluding hydrogens is 352 g/mol. The third-order valence-electron chi connectivity index (χ3n) is 4.84. The first-order chi connectivity index (χ1) is 14.1. The van der Waals surface area contributed by atoms with Crippen molar-refractivity contribution in [2.45, 2.75) is 27.7 Å². The average Bonchev–Trinajstić information content (AvgIpc) is 2.74. The number of aliphatic imine (C=N–C) groups is 1. The molecule has 0 unspecified atom stereocenters. The number of allylic oxidation sites excluding steroid dienone is 3. The fourth-order valence-corrected chi connectivity index (χ4v) is 3.11. The van der Waals surface area contributed by atoms with Gasteiger partial charge in [0, 0.05) is 17.1 Å². The first-order valence-corrected chi connectivity index (χ1v) is 9.95. The Morgan fingerprint density at radius 2 is 1.52 bits per heavy atom. The Morgan fingerprint density at radius 3 is 2.21 bits per heavy atom. The van der Waals surface area contributed by atoms with E-state index >= 15 is 0 Å². The van der Waals surface area contributed by atoms with Crippen LogP contribution in [0.3, 0.4) is 0 Å². The van der Waals surface area contributed by atoms with Crippen LogP contribution in [-0.4, -0.2) is 5.71 Å². The SMILES string of the molecule is C/C=C(\C=C/C(C)=Nc1ccccc1C)Nc1ccc(-c2ccccc2)cc1C. The van der Waals surface area contributed by atoms with Crippen molar-refractivity contribution in [3.8, 4) is 11.1 Å². The number of aryl methyl sites for hydroxylation is 2. The zero-order valence-electron chi connectivity index (χ0n) is 17.6. The zero-order chi connectivity index (χ0) is 20.6. The van der Waals surface area contributed by atoms with Crippen molar-refractivity contribution in [3.05, 3.63) is 108 Å². The topological polar surface area (TPSA) is 24.4 Å². The van der Waals surface area contributed by atoms with E-state index < -0.39 is 0 Å². The molecular formula is C27H28N2. The Bertz CT molecular complexity index is 1060. The highest BCUT2D eigenvalue weighted by Crippen LogP contribution is 2.25. The molecule has 0 fully saturated rings. The van der Waals surface area contributed by atoms with E-state index in [0.29, 0.717) is 0 Å². The monoisotopic (exact) mass is 380 g/mol. The van der Waals surface area contributed by atoms with Crippen LogP contribution in [0.1, 0.15) is 25.0 Å². The van der Waals surface area contributed by atoms with Crippen molar-refractivity contribution < 1.29 is 0 Å². The maximum Gasteiger partial charge on any atom is 0.0661 e. The van der Waals surface area contributed by atoms with E-state index in [1.54, 1.807) is 0 Å². The molecule has 0 saturated heterocycles. The van der Waals surface area contributed by atoms with Gasteiger partial charge >= 0.3 is 0 Å². The van der Waals surface area contributed by atoms with Gasteiger partial charge in [0.15, 0.2) is 0 Å². The Kier molecular flexibility index (Phi) is 6.80. The minimum atomic E-state index is 0.969. The van der Waals surface area contributed by atoms with E-state index in [1.807, 2.05) is 44.2 Å². The highest BCUT2D eigenvalue weighted by Gasteiger charge is 2.03. The normalized spacial score (nSPS) is 12.4. The van der Waals surface area contributed by atoms with Gasteiger partial charge in [-0.05, 0) is 80.3 Å². The molecule has 0 aromatic heterocycles. The van der Waals surface area contributed by atoms with Crippen LogP contribution in [0, 0.1) is 13.8 Å². The van der Waals surface area contributed by atoms with Crippen molar-refractivity contribution in [2.75, 3.05) is 5.32 Å². The van der Waals surface area contributed by atoms with Crippen LogP contribution in [0.5, 0.6) is 0 Å². The maximum atomic E-state index is 4.71. The van der Waals surface area contributed by atoms with Crippen LogP contribution >= 0.6 is 0 Å². The van der Waals surface area contributed by atoms with Gasteiger partial charge in [-0.3, -0.25) is 4.99 Å². The van der Waals surface area contributed by atoms with Gasteiger partial charge in [-0.25, -0.2) is 0 Å². The molecule has 0 aliphatic carbocycles. The average molecular weight is 381 g/mol. The van der Waals surface area contributed by atoms with E-state index in [2.05, 4.69) is 79.8 Å². The number of nitrogens with one attached hydrogen (secondary N) is 1. The summed E-state index contributed by atoms with van der Waals surface area (Å²) in [6.45, 7) is 8.28. The van der Waals surface area contributed by atoms with Crippen LogP contribution in [0.15, 0.2) is 102 Å². The van der Waals surface area contributed by atoms with Gasteiger partial charge in [0.25, 0.3) is 0 Å². The molecule has 0 aliphatic rings. The second kappa shape index (κ2) is 9.70. The first-order valence-electron chi connectivity index (χ1n) is 9.95. The van der Waals surface area contributed by atoms with Crippen molar-refractivity contribution in [1.29, 1.82) is 0 Å². The summed E-state index contributed by atoms with van der Waals surface area (Å²) in [5.41, 5.74) is 8.98. The highest BCUT2D eigenvalue weighted by atomic mass is 14.9. The molecule has 0 saturated carbocycles. The van der Waals surface area contributed by atoms with Crippen LogP contribution in [0.2, 0.25) is 0 Å². The number of nitrogens with zero attached hydrogens (tertiary/aromatic N) is 1. The van der Waals surface area contributed by atoms with E-state index in [9.17, 15) is 0 Å². The van der Waals surface area contributed by atoms with Gasteiger partial charge in [0.2, 0.25) is 0 Å². The molecule has 146 valence electrons. The zero-order valence-corrected chi connectivity index (χ0v) is 17.6. The molecule has 0 spiro atoms. The molecule has 0 heterocycles. The summed E-state index contributed by atoms with van der Waals surface area (Å²) < 4.78 is 0. The summed E-state index contributed by atoms with van der Waals surface area (Å²) in [4.78, 5) is 4.71.